The van der Waals surface area contributed by atoms with Crippen molar-refractivity contribution in [3.63, 3.8) is 0 Å². The second-order valence-corrected chi connectivity index (χ2v) is 11.6. The number of hydrogen-bond donors (Lipinski definition) is 2. The largest absolute Gasteiger partial charge is 0.460 e. The quantitative estimate of drug-likeness (QED) is 0.282. The number of halogens is 1. The normalized spacial score (nSPS) is 14.9. The molecule has 2 aromatic carbocycles. The first kappa shape index (κ1) is 30.4. The number of amides is 1. The van der Waals surface area contributed by atoms with Crippen LogP contribution in [0.5, 0.6) is 0 Å². The summed E-state index contributed by atoms with van der Waals surface area (Å²) in [6.45, 7) is 7.97. The smallest absolute Gasteiger partial charge is 0.308 e. The molecule has 3 aromatic rings. The first-order valence-electron chi connectivity index (χ1n) is 14.3. The average molecular weight is 566 g/mol. The number of aliphatic hydroxyl groups is 2. The molecule has 220 valence electrons. The lowest BCUT2D eigenvalue weighted by atomic mass is 10.1. The second kappa shape index (κ2) is 13.0. The number of aromatic nitrogens is 2. The molecule has 1 aliphatic carbocycles. The van der Waals surface area contributed by atoms with E-state index in [4.69, 9.17) is 9.72 Å². The van der Waals surface area contributed by atoms with E-state index in [1.165, 1.54) is 12.1 Å². The van der Waals surface area contributed by atoms with Gasteiger partial charge in [0.1, 0.15) is 17.2 Å². The average Bonchev–Trinajstić information content (AvgIpc) is 3.67. The van der Waals surface area contributed by atoms with Crippen LogP contribution in [-0.4, -0.2) is 56.0 Å². The summed E-state index contributed by atoms with van der Waals surface area (Å²) in [4.78, 5) is 32.5. The minimum Gasteiger partial charge on any atom is -0.460 e. The molecule has 0 radical (unpaired) electrons. The van der Waals surface area contributed by atoms with E-state index in [1.54, 1.807) is 37.8 Å². The molecule has 0 bridgehead atoms. The van der Waals surface area contributed by atoms with Crippen LogP contribution in [0, 0.1) is 5.82 Å². The fraction of sp³-hybridized carbons (Fsp3) is 0.469. The van der Waals surface area contributed by atoms with Crippen LogP contribution in [0.3, 0.4) is 0 Å². The summed E-state index contributed by atoms with van der Waals surface area (Å²) in [6, 6.07) is 15.4. The van der Waals surface area contributed by atoms with Gasteiger partial charge in [-0.25, -0.2) is 9.37 Å². The monoisotopic (exact) mass is 565 g/mol. The van der Waals surface area contributed by atoms with E-state index in [2.05, 4.69) is 0 Å². The Morgan fingerprint density at radius 3 is 2.32 bits per heavy atom. The lowest BCUT2D eigenvalue weighted by Crippen LogP contribution is -2.31. The first-order valence-corrected chi connectivity index (χ1v) is 14.3. The number of anilines is 1. The Morgan fingerprint density at radius 1 is 1.07 bits per heavy atom. The minimum atomic E-state index is -1.05. The van der Waals surface area contributed by atoms with Crippen molar-refractivity contribution in [1.29, 1.82) is 0 Å². The van der Waals surface area contributed by atoms with E-state index >= 15 is 0 Å². The molecule has 1 aliphatic rings. The second-order valence-electron chi connectivity index (χ2n) is 11.6. The molecule has 8 nitrogen and oxygen atoms in total. The number of hydrogen-bond acceptors (Lipinski definition) is 6. The van der Waals surface area contributed by atoms with Crippen molar-refractivity contribution < 1.29 is 28.9 Å². The summed E-state index contributed by atoms with van der Waals surface area (Å²) in [6.07, 6.45) is -0.0609. The number of para-hydroxylation sites is 1. The number of nitrogens with zero attached hydrogens (tertiary/aromatic N) is 3. The number of aliphatic hydroxyl groups excluding tert-OH is 2. The van der Waals surface area contributed by atoms with Gasteiger partial charge in [-0.1, -0.05) is 18.2 Å². The number of rotatable bonds is 12. The van der Waals surface area contributed by atoms with Gasteiger partial charge in [-0.05, 0) is 89.8 Å². The Labute approximate surface area is 240 Å². The zero-order chi connectivity index (χ0) is 29.7. The number of imidazole rings is 1. The van der Waals surface area contributed by atoms with Crippen LogP contribution >= 0.6 is 0 Å². The molecular weight excluding hydrogens is 525 g/mol. The maximum absolute atomic E-state index is 13.9. The Morgan fingerprint density at radius 2 is 1.73 bits per heavy atom. The predicted octanol–water partition coefficient (Wildman–Crippen LogP) is 5.47. The third-order valence-corrected chi connectivity index (χ3v) is 6.96. The third-order valence-electron chi connectivity index (χ3n) is 6.96. The van der Waals surface area contributed by atoms with Gasteiger partial charge in [0.25, 0.3) is 5.91 Å². The third kappa shape index (κ3) is 8.01. The lowest BCUT2D eigenvalue weighted by molar-refractivity contribution is -0.157. The summed E-state index contributed by atoms with van der Waals surface area (Å²) in [5, 5.41) is 21.2. The highest BCUT2D eigenvalue weighted by Crippen LogP contribution is 2.44. The maximum Gasteiger partial charge on any atom is 0.308 e. The van der Waals surface area contributed by atoms with Gasteiger partial charge in [-0.15, -0.1) is 0 Å². The lowest BCUT2D eigenvalue weighted by Gasteiger charge is -2.22. The zero-order valence-electron chi connectivity index (χ0n) is 24.2. The van der Waals surface area contributed by atoms with Crippen LogP contribution in [0.4, 0.5) is 10.1 Å². The van der Waals surface area contributed by atoms with E-state index in [0.29, 0.717) is 30.2 Å². The molecule has 9 heteroatoms. The summed E-state index contributed by atoms with van der Waals surface area (Å²) in [5.41, 5.74) is 1.95. The number of carbonyl (C=O) groups is 2. The Kier molecular flexibility index (Phi) is 9.60. The maximum atomic E-state index is 13.9. The molecule has 1 aromatic heterocycles. The highest BCUT2D eigenvalue weighted by atomic mass is 19.1. The van der Waals surface area contributed by atoms with Gasteiger partial charge in [-0.3, -0.25) is 9.59 Å². The molecule has 1 heterocycles. The fourth-order valence-corrected chi connectivity index (χ4v) is 4.99. The summed E-state index contributed by atoms with van der Waals surface area (Å²) in [5.74, 6) is -0.429. The van der Waals surface area contributed by atoms with Crippen molar-refractivity contribution >= 4 is 17.6 Å². The molecule has 2 atom stereocenters. The van der Waals surface area contributed by atoms with Gasteiger partial charge in [0, 0.05) is 30.3 Å². The van der Waals surface area contributed by atoms with E-state index in [1.807, 2.05) is 41.8 Å². The van der Waals surface area contributed by atoms with Crippen molar-refractivity contribution in [3.05, 3.63) is 71.8 Å². The predicted molar refractivity (Wildman–Crippen MR) is 155 cm³/mol. The Balaban J connectivity index is 1.60. The Bertz CT molecular complexity index is 1330. The molecule has 0 spiro atoms. The highest BCUT2D eigenvalue weighted by molar-refractivity contribution is 6.06. The number of esters is 1. The van der Waals surface area contributed by atoms with Crippen LogP contribution < -0.4 is 4.90 Å². The van der Waals surface area contributed by atoms with Gasteiger partial charge in [-0.2, -0.15) is 0 Å². The van der Waals surface area contributed by atoms with Crippen LogP contribution in [0.2, 0.25) is 0 Å². The molecule has 0 saturated heterocycles. The molecule has 1 amide bonds. The Hall–Kier alpha value is -3.56. The summed E-state index contributed by atoms with van der Waals surface area (Å²) in [7, 11) is 0. The molecule has 2 N–H and O–H groups in total. The van der Waals surface area contributed by atoms with Gasteiger partial charge in [0.2, 0.25) is 0 Å². The van der Waals surface area contributed by atoms with Gasteiger partial charge in [0.15, 0.2) is 5.69 Å². The van der Waals surface area contributed by atoms with Crippen molar-refractivity contribution in [1.82, 2.24) is 9.55 Å². The van der Waals surface area contributed by atoms with Gasteiger partial charge in [0.05, 0.1) is 24.3 Å². The molecule has 2 unspecified atom stereocenters. The molecular formula is C32H40FN3O5. The van der Waals surface area contributed by atoms with E-state index in [-0.39, 0.29) is 36.9 Å². The van der Waals surface area contributed by atoms with Gasteiger partial charge < -0.3 is 24.4 Å². The molecule has 4 rings (SSSR count). The van der Waals surface area contributed by atoms with Crippen LogP contribution in [-0.2, 0) is 16.1 Å². The van der Waals surface area contributed by atoms with Crippen molar-refractivity contribution in [2.75, 3.05) is 11.4 Å². The zero-order valence-corrected chi connectivity index (χ0v) is 24.2. The molecule has 1 saturated carbocycles. The summed E-state index contributed by atoms with van der Waals surface area (Å²) >= 11 is 0. The van der Waals surface area contributed by atoms with Gasteiger partial charge >= 0.3 is 5.97 Å². The number of benzene rings is 2. The first-order chi connectivity index (χ1) is 19.5. The van der Waals surface area contributed by atoms with Crippen molar-refractivity contribution in [2.24, 2.45) is 0 Å². The molecule has 41 heavy (non-hydrogen) atoms. The van der Waals surface area contributed by atoms with E-state index in [9.17, 15) is 24.2 Å². The minimum absolute atomic E-state index is 0.00198. The van der Waals surface area contributed by atoms with Crippen LogP contribution in [0.15, 0.2) is 54.6 Å². The summed E-state index contributed by atoms with van der Waals surface area (Å²) < 4.78 is 21.0. The SMILES string of the molecule is CCN(C(=O)c1nc(-c2ccc(F)cc2)n(CCC(O)CC(O)CC(=O)OC(C)(C)C)c1C1CC1)c1ccccc1. The topological polar surface area (TPSA) is 105 Å². The standard InChI is InChI=1S/C32H40FN3O5/c1-5-35(24-9-7-6-8-10-24)31(40)28-29(21-11-12-21)36(30(34-28)22-13-15-23(33)16-14-22)18-17-25(37)19-26(38)20-27(39)41-32(2,3)4/h6-10,13-16,21,25-26,37-38H,5,11-12,17-20H2,1-4H3. The van der Waals surface area contributed by atoms with E-state index in [0.717, 1.165) is 24.2 Å². The number of carbonyl (C=O) groups excluding carboxylic acids is 2. The highest BCUT2D eigenvalue weighted by Gasteiger charge is 2.36. The van der Waals surface area contributed by atoms with E-state index < -0.39 is 23.8 Å². The number of ether oxygens (including phenoxy) is 1. The van der Waals surface area contributed by atoms with Crippen LogP contribution in [0.1, 0.15) is 81.9 Å². The van der Waals surface area contributed by atoms with Crippen LogP contribution in [0.25, 0.3) is 11.4 Å². The van der Waals surface area contributed by atoms with Crippen molar-refractivity contribution in [3.8, 4) is 11.4 Å². The molecule has 1 fully saturated rings. The molecule has 0 aliphatic heterocycles. The van der Waals surface area contributed by atoms with Crippen molar-refractivity contribution in [2.45, 2.75) is 90.1 Å². The fourth-order valence-electron chi connectivity index (χ4n) is 4.99.